The normalized spacial score (nSPS) is 17.0. The van der Waals surface area contributed by atoms with Crippen LogP contribution in [0.25, 0.3) is 0 Å². The van der Waals surface area contributed by atoms with Crippen LogP contribution in [0, 0.1) is 5.92 Å². The Morgan fingerprint density at radius 3 is 2.84 bits per heavy atom. The van der Waals surface area contributed by atoms with Crippen molar-refractivity contribution in [1.82, 2.24) is 15.6 Å². The SMILES string of the molecule is CN=C(NCC(=O)Nc1cccnc1)NC(C)CCC1CCCCC1. The highest BCUT2D eigenvalue weighted by atomic mass is 16.1. The first-order valence-corrected chi connectivity index (χ1v) is 9.34. The highest BCUT2D eigenvalue weighted by Gasteiger charge is 2.15. The molecule has 3 N–H and O–H groups in total. The lowest BCUT2D eigenvalue weighted by molar-refractivity contribution is -0.115. The van der Waals surface area contributed by atoms with E-state index in [0.29, 0.717) is 17.7 Å². The van der Waals surface area contributed by atoms with Gasteiger partial charge in [0, 0.05) is 19.3 Å². The van der Waals surface area contributed by atoms with Crippen molar-refractivity contribution >= 4 is 17.6 Å². The maximum atomic E-state index is 12.0. The van der Waals surface area contributed by atoms with E-state index in [-0.39, 0.29) is 12.5 Å². The molecule has 1 fully saturated rings. The van der Waals surface area contributed by atoms with Crippen LogP contribution in [-0.2, 0) is 4.79 Å². The molecular weight excluding hydrogens is 314 g/mol. The largest absolute Gasteiger partial charge is 0.354 e. The lowest BCUT2D eigenvalue weighted by Crippen LogP contribution is -2.45. The van der Waals surface area contributed by atoms with Crippen LogP contribution in [-0.4, -0.2) is 36.5 Å². The molecule has 0 bridgehead atoms. The molecule has 1 amide bonds. The van der Waals surface area contributed by atoms with E-state index in [1.165, 1.54) is 38.5 Å². The van der Waals surface area contributed by atoms with E-state index in [1.807, 2.05) is 6.07 Å². The Balaban J connectivity index is 1.66. The Morgan fingerprint density at radius 1 is 1.36 bits per heavy atom. The third-order valence-corrected chi connectivity index (χ3v) is 4.70. The minimum absolute atomic E-state index is 0.120. The first kappa shape index (κ1) is 19.2. The van der Waals surface area contributed by atoms with Crippen LogP contribution in [0.1, 0.15) is 51.9 Å². The molecule has 1 unspecified atom stereocenters. The summed E-state index contributed by atoms with van der Waals surface area (Å²) in [6, 6.07) is 3.94. The molecule has 1 heterocycles. The van der Waals surface area contributed by atoms with Gasteiger partial charge in [0.15, 0.2) is 5.96 Å². The summed E-state index contributed by atoms with van der Waals surface area (Å²) in [5.41, 5.74) is 0.693. The van der Waals surface area contributed by atoms with Crippen LogP contribution >= 0.6 is 0 Å². The van der Waals surface area contributed by atoms with Crippen molar-refractivity contribution in [3.63, 3.8) is 0 Å². The summed E-state index contributed by atoms with van der Waals surface area (Å²) in [4.78, 5) is 20.1. The zero-order valence-electron chi connectivity index (χ0n) is 15.4. The number of hydrogen-bond acceptors (Lipinski definition) is 3. The second-order valence-electron chi connectivity index (χ2n) is 6.84. The van der Waals surface area contributed by atoms with Gasteiger partial charge in [-0.25, -0.2) is 0 Å². The monoisotopic (exact) mass is 345 g/mol. The van der Waals surface area contributed by atoms with E-state index in [4.69, 9.17) is 0 Å². The van der Waals surface area contributed by atoms with Crippen LogP contribution in [0.5, 0.6) is 0 Å². The van der Waals surface area contributed by atoms with Gasteiger partial charge >= 0.3 is 0 Å². The zero-order chi connectivity index (χ0) is 17.9. The highest BCUT2D eigenvalue weighted by Crippen LogP contribution is 2.27. The predicted octanol–water partition coefficient (Wildman–Crippen LogP) is 2.93. The average Bonchev–Trinajstić information content (AvgIpc) is 2.65. The van der Waals surface area contributed by atoms with E-state index in [1.54, 1.807) is 25.5 Å². The first-order chi connectivity index (χ1) is 12.2. The Kier molecular flexibility index (Phi) is 8.22. The van der Waals surface area contributed by atoms with Crippen LogP contribution < -0.4 is 16.0 Å². The summed E-state index contributed by atoms with van der Waals surface area (Å²) in [5, 5.41) is 9.23. The third-order valence-electron chi connectivity index (χ3n) is 4.70. The second-order valence-corrected chi connectivity index (χ2v) is 6.84. The van der Waals surface area contributed by atoms with Gasteiger partial charge in [-0.15, -0.1) is 0 Å². The third kappa shape index (κ3) is 7.54. The molecule has 0 saturated heterocycles. The number of pyridine rings is 1. The molecule has 6 heteroatoms. The number of aliphatic imine (C=N–C) groups is 1. The topological polar surface area (TPSA) is 78.4 Å². The standard InChI is InChI=1S/C19H31N5O/c1-15(10-11-16-7-4-3-5-8-16)23-19(20-2)22-14-18(25)24-17-9-6-12-21-13-17/h6,9,12-13,15-16H,3-5,7-8,10-11,14H2,1-2H3,(H,24,25)(H2,20,22,23). The molecule has 1 aromatic heterocycles. The number of aromatic nitrogens is 1. The number of anilines is 1. The van der Waals surface area contributed by atoms with Crippen LogP contribution in [0.2, 0.25) is 0 Å². The molecule has 1 aliphatic carbocycles. The minimum Gasteiger partial charge on any atom is -0.354 e. The van der Waals surface area contributed by atoms with Gasteiger partial charge in [-0.3, -0.25) is 14.8 Å². The molecule has 1 aliphatic rings. The van der Waals surface area contributed by atoms with Crippen molar-refractivity contribution in [3.05, 3.63) is 24.5 Å². The van der Waals surface area contributed by atoms with Gasteiger partial charge in [0.05, 0.1) is 18.4 Å². The fourth-order valence-corrected chi connectivity index (χ4v) is 3.27. The summed E-state index contributed by atoms with van der Waals surface area (Å²) < 4.78 is 0. The quantitative estimate of drug-likeness (QED) is 0.524. The van der Waals surface area contributed by atoms with E-state index in [9.17, 15) is 4.79 Å². The van der Waals surface area contributed by atoms with Crippen molar-refractivity contribution in [2.24, 2.45) is 10.9 Å². The Hall–Kier alpha value is -2.11. The van der Waals surface area contributed by atoms with Crippen molar-refractivity contribution in [3.8, 4) is 0 Å². The molecule has 1 atom stereocenters. The molecule has 138 valence electrons. The fourth-order valence-electron chi connectivity index (χ4n) is 3.27. The molecule has 6 nitrogen and oxygen atoms in total. The highest BCUT2D eigenvalue weighted by molar-refractivity contribution is 5.94. The summed E-state index contributed by atoms with van der Waals surface area (Å²) in [7, 11) is 1.72. The Bertz CT molecular complexity index is 540. The van der Waals surface area contributed by atoms with E-state index < -0.39 is 0 Å². The molecule has 1 saturated carbocycles. The van der Waals surface area contributed by atoms with Crippen molar-refractivity contribution in [2.45, 2.75) is 57.9 Å². The van der Waals surface area contributed by atoms with Gasteiger partial charge in [-0.05, 0) is 37.8 Å². The second kappa shape index (κ2) is 10.7. The maximum Gasteiger partial charge on any atom is 0.243 e. The molecule has 0 aromatic carbocycles. The molecule has 0 radical (unpaired) electrons. The van der Waals surface area contributed by atoms with Crippen LogP contribution in [0.15, 0.2) is 29.5 Å². The number of hydrogen-bond donors (Lipinski definition) is 3. The number of carbonyl (C=O) groups excluding carboxylic acids is 1. The summed E-state index contributed by atoms with van der Waals surface area (Å²) in [6.45, 7) is 2.34. The number of guanidine groups is 1. The maximum absolute atomic E-state index is 12.0. The number of rotatable bonds is 7. The number of nitrogens with one attached hydrogen (secondary N) is 3. The lowest BCUT2D eigenvalue weighted by Gasteiger charge is -2.24. The molecule has 0 aliphatic heterocycles. The van der Waals surface area contributed by atoms with Gasteiger partial charge in [0.1, 0.15) is 0 Å². The van der Waals surface area contributed by atoms with Gasteiger partial charge in [0.25, 0.3) is 0 Å². The van der Waals surface area contributed by atoms with Crippen LogP contribution in [0.4, 0.5) is 5.69 Å². The first-order valence-electron chi connectivity index (χ1n) is 9.34. The van der Waals surface area contributed by atoms with E-state index in [2.05, 4.69) is 32.9 Å². The number of nitrogens with zero attached hydrogens (tertiary/aromatic N) is 2. The molecule has 1 aromatic rings. The predicted molar refractivity (Wildman–Crippen MR) is 103 cm³/mol. The lowest BCUT2D eigenvalue weighted by atomic mass is 9.85. The van der Waals surface area contributed by atoms with Crippen LogP contribution in [0.3, 0.4) is 0 Å². The van der Waals surface area contributed by atoms with Gasteiger partial charge < -0.3 is 16.0 Å². The molecular formula is C19H31N5O. The zero-order valence-corrected chi connectivity index (χ0v) is 15.4. The van der Waals surface area contributed by atoms with Gasteiger partial charge in [-0.2, -0.15) is 0 Å². The fraction of sp³-hybridized carbons (Fsp3) is 0.632. The van der Waals surface area contributed by atoms with Crippen molar-refractivity contribution < 1.29 is 4.79 Å². The Labute approximate surface area is 150 Å². The smallest absolute Gasteiger partial charge is 0.243 e. The Morgan fingerprint density at radius 2 is 2.16 bits per heavy atom. The average molecular weight is 345 g/mol. The van der Waals surface area contributed by atoms with E-state index in [0.717, 1.165) is 12.3 Å². The molecule has 0 spiro atoms. The minimum atomic E-state index is -0.120. The number of carbonyl (C=O) groups is 1. The van der Waals surface area contributed by atoms with Crippen molar-refractivity contribution in [2.75, 3.05) is 18.9 Å². The summed E-state index contributed by atoms with van der Waals surface area (Å²) >= 11 is 0. The number of amides is 1. The van der Waals surface area contributed by atoms with Gasteiger partial charge in [-0.1, -0.05) is 32.1 Å². The van der Waals surface area contributed by atoms with Crippen molar-refractivity contribution in [1.29, 1.82) is 0 Å². The summed E-state index contributed by atoms with van der Waals surface area (Å²) in [5.74, 6) is 1.43. The molecule has 25 heavy (non-hydrogen) atoms. The van der Waals surface area contributed by atoms with Gasteiger partial charge in [0.2, 0.25) is 5.91 Å². The molecule has 2 rings (SSSR count). The van der Waals surface area contributed by atoms with E-state index >= 15 is 0 Å². The summed E-state index contributed by atoms with van der Waals surface area (Å²) in [6.07, 6.45) is 12.7.